The van der Waals surface area contributed by atoms with Gasteiger partial charge in [-0.25, -0.2) is 0 Å². The van der Waals surface area contributed by atoms with Gasteiger partial charge in [0, 0.05) is 42.8 Å². The molecule has 2 N–H and O–H groups in total. The minimum Gasteiger partial charge on any atom is -0.355 e. The zero-order chi connectivity index (χ0) is 20.1. The summed E-state index contributed by atoms with van der Waals surface area (Å²) in [5, 5.41) is 6.29. The largest absolute Gasteiger partial charge is 0.355 e. The van der Waals surface area contributed by atoms with E-state index in [1.807, 2.05) is 24.3 Å². The molecule has 0 bridgehead atoms. The van der Waals surface area contributed by atoms with Crippen molar-refractivity contribution in [3.05, 3.63) is 59.1 Å². The summed E-state index contributed by atoms with van der Waals surface area (Å²) in [5.74, 6) is -0.786. The molecular weight excluding hydrogens is 378 g/mol. The van der Waals surface area contributed by atoms with Gasteiger partial charge in [0.25, 0.3) is 0 Å². The number of amides is 3. The molecule has 1 heterocycles. The summed E-state index contributed by atoms with van der Waals surface area (Å²) in [6.07, 6.45) is 0.878. The molecule has 0 spiro atoms. The molecule has 28 heavy (non-hydrogen) atoms. The summed E-state index contributed by atoms with van der Waals surface area (Å²) in [6.45, 7) is 2.26. The van der Waals surface area contributed by atoms with Gasteiger partial charge in [0.05, 0.1) is 5.92 Å². The first-order valence-corrected chi connectivity index (χ1v) is 9.50. The Morgan fingerprint density at radius 3 is 2.64 bits per heavy atom. The summed E-state index contributed by atoms with van der Waals surface area (Å²) in [4.78, 5) is 37.7. The molecule has 0 saturated carbocycles. The van der Waals surface area contributed by atoms with E-state index in [-0.39, 0.29) is 30.1 Å². The van der Waals surface area contributed by atoms with Crippen molar-refractivity contribution in [2.45, 2.75) is 19.8 Å². The lowest BCUT2D eigenvalue weighted by Gasteiger charge is -2.18. The summed E-state index contributed by atoms with van der Waals surface area (Å²) < 4.78 is 0. The monoisotopic (exact) mass is 399 g/mol. The number of halogens is 1. The van der Waals surface area contributed by atoms with Crippen LogP contribution in [0.3, 0.4) is 0 Å². The maximum atomic E-state index is 12.5. The fourth-order valence-electron chi connectivity index (χ4n) is 3.21. The van der Waals surface area contributed by atoms with E-state index in [0.717, 1.165) is 5.56 Å². The van der Waals surface area contributed by atoms with Gasteiger partial charge in [-0.05, 0) is 42.3 Å². The third-order valence-electron chi connectivity index (χ3n) is 4.60. The molecule has 1 aliphatic rings. The standard InChI is InChI=1S/C21H22ClN3O3/c1-14(26)24-18-3-2-4-19(12-18)25-13-16(11-20(25)27)21(28)23-10-9-15-5-7-17(22)8-6-15/h2-8,12,16H,9-11,13H2,1H3,(H,23,28)(H,24,26)/t16-/m1/s1. The average Bonchev–Trinajstić information content (AvgIpc) is 3.05. The van der Waals surface area contributed by atoms with Gasteiger partial charge in [-0.3, -0.25) is 14.4 Å². The highest BCUT2D eigenvalue weighted by Crippen LogP contribution is 2.27. The molecule has 0 radical (unpaired) electrons. The molecule has 1 fully saturated rings. The Kier molecular flexibility index (Phi) is 6.31. The van der Waals surface area contributed by atoms with Crippen LogP contribution in [0.15, 0.2) is 48.5 Å². The minimum absolute atomic E-state index is 0.0992. The summed E-state index contributed by atoms with van der Waals surface area (Å²) in [6, 6.07) is 14.6. The van der Waals surface area contributed by atoms with Crippen LogP contribution in [0, 0.1) is 5.92 Å². The summed E-state index contributed by atoms with van der Waals surface area (Å²) >= 11 is 5.87. The smallest absolute Gasteiger partial charge is 0.227 e. The van der Waals surface area contributed by atoms with Crippen molar-refractivity contribution in [3.8, 4) is 0 Å². The number of carbonyl (C=O) groups is 3. The first-order valence-electron chi connectivity index (χ1n) is 9.12. The second-order valence-corrected chi connectivity index (χ2v) is 7.24. The lowest BCUT2D eigenvalue weighted by atomic mass is 10.1. The van der Waals surface area contributed by atoms with Crippen LogP contribution >= 0.6 is 11.6 Å². The fourth-order valence-corrected chi connectivity index (χ4v) is 3.34. The maximum absolute atomic E-state index is 12.5. The number of hydrogen-bond donors (Lipinski definition) is 2. The topological polar surface area (TPSA) is 78.5 Å². The van der Waals surface area contributed by atoms with E-state index in [1.165, 1.54) is 6.92 Å². The van der Waals surface area contributed by atoms with Crippen LogP contribution in [-0.2, 0) is 20.8 Å². The summed E-state index contributed by atoms with van der Waals surface area (Å²) in [7, 11) is 0. The number of benzene rings is 2. The van der Waals surface area contributed by atoms with Gasteiger partial charge in [-0.2, -0.15) is 0 Å². The number of rotatable bonds is 6. The Morgan fingerprint density at radius 2 is 1.93 bits per heavy atom. The van der Waals surface area contributed by atoms with Crippen molar-refractivity contribution in [2.75, 3.05) is 23.3 Å². The molecule has 1 saturated heterocycles. The van der Waals surface area contributed by atoms with Crippen molar-refractivity contribution in [1.82, 2.24) is 5.32 Å². The maximum Gasteiger partial charge on any atom is 0.227 e. The Labute approximate surface area is 168 Å². The Hall–Kier alpha value is -2.86. The minimum atomic E-state index is -0.387. The lowest BCUT2D eigenvalue weighted by Crippen LogP contribution is -2.34. The molecule has 0 aliphatic carbocycles. The first-order chi connectivity index (χ1) is 13.4. The predicted octanol–water partition coefficient (Wildman–Crippen LogP) is 3.01. The second-order valence-electron chi connectivity index (χ2n) is 6.80. The molecule has 1 aliphatic heterocycles. The normalized spacial score (nSPS) is 16.1. The van der Waals surface area contributed by atoms with E-state index in [2.05, 4.69) is 10.6 Å². The molecular formula is C21H22ClN3O3. The van der Waals surface area contributed by atoms with Crippen LogP contribution in [0.25, 0.3) is 0 Å². The molecule has 0 unspecified atom stereocenters. The van der Waals surface area contributed by atoms with Gasteiger partial charge in [-0.15, -0.1) is 0 Å². The van der Waals surface area contributed by atoms with E-state index in [9.17, 15) is 14.4 Å². The zero-order valence-corrected chi connectivity index (χ0v) is 16.3. The van der Waals surface area contributed by atoms with Crippen molar-refractivity contribution in [3.63, 3.8) is 0 Å². The number of anilines is 2. The lowest BCUT2D eigenvalue weighted by molar-refractivity contribution is -0.126. The third-order valence-corrected chi connectivity index (χ3v) is 4.85. The second kappa shape index (κ2) is 8.89. The van der Waals surface area contributed by atoms with Gasteiger partial charge in [0.2, 0.25) is 17.7 Å². The highest BCUT2D eigenvalue weighted by atomic mass is 35.5. The van der Waals surface area contributed by atoms with Crippen LogP contribution in [0.5, 0.6) is 0 Å². The van der Waals surface area contributed by atoms with E-state index in [1.54, 1.807) is 29.2 Å². The number of hydrogen-bond acceptors (Lipinski definition) is 3. The van der Waals surface area contributed by atoms with Crippen molar-refractivity contribution in [1.29, 1.82) is 0 Å². The predicted molar refractivity (Wildman–Crippen MR) is 109 cm³/mol. The SMILES string of the molecule is CC(=O)Nc1cccc(N2C[C@H](C(=O)NCCc3ccc(Cl)cc3)CC2=O)c1. The van der Waals surface area contributed by atoms with Crippen molar-refractivity contribution in [2.24, 2.45) is 5.92 Å². The van der Waals surface area contributed by atoms with Gasteiger partial charge in [0.1, 0.15) is 0 Å². The van der Waals surface area contributed by atoms with E-state index in [4.69, 9.17) is 11.6 Å². The van der Waals surface area contributed by atoms with Gasteiger partial charge in [0.15, 0.2) is 0 Å². The fraction of sp³-hybridized carbons (Fsp3) is 0.286. The zero-order valence-electron chi connectivity index (χ0n) is 15.6. The molecule has 0 aromatic heterocycles. The van der Waals surface area contributed by atoms with Crippen LogP contribution in [0.1, 0.15) is 18.9 Å². The van der Waals surface area contributed by atoms with Crippen LogP contribution < -0.4 is 15.5 Å². The van der Waals surface area contributed by atoms with Crippen LogP contribution in [-0.4, -0.2) is 30.8 Å². The highest BCUT2D eigenvalue weighted by Gasteiger charge is 2.35. The number of nitrogens with one attached hydrogen (secondary N) is 2. The molecule has 6 nitrogen and oxygen atoms in total. The van der Waals surface area contributed by atoms with E-state index < -0.39 is 0 Å². The Bertz CT molecular complexity index is 883. The number of carbonyl (C=O) groups excluding carboxylic acids is 3. The molecule has 146 valence electrons. The Morgan fingerprint density at radius 1 is 1.18 bits per heavy atom. The molecule has 7 heteroatoms. The van der Waals surface area contributed by atoms with E-state index >= 15 is 0 Å². The van der Waals surface area contributed by atoms with Gasteiger partial charge in [-0.1, -0.05) is 29.8 Å². The van der Waals surface area contributed by atoms with Crippen molar-refractivity contribution >= 4 is 40.7 Å². The molecule has 2 aromatic carbocycles. The highest BCUT2D eigenvalue weighted by molar-refractivity contribution is 6.30. The van der Waals surface area contributed by atoms with Crippen LogP contribution in [0.4, 0.5) is 11.4 Å². The average molecular weight is 400 g/mol. The van der Waals surface area contributed by atoms with Crippen LogP contribution in [0.2, 0.25) is 5.02 Å². The Balaban J connectivity index is 1.55. The quantitative estimate of drug-likeness (QED) is 0.783. The third kappa shape index (κ3) is 5.10. The van der Waals surface area contributed by atoms with Gasteiger partial charge < -0.3 is 15.5 Å². The first kappa shape index (κ1) is 19.9. The van der Waals surface area contributed by atoms with Crippen molar-refractivity contribution < 1.29 is 14.4 Å². The molecule has 3 amide bonds. The molecule has 1 atom stereocenters. The van der Waals surface area contributed by atoms with Gasteiger partial charge >= 0.3 is 0 Å². The molecule has 2 aromatic rings. The molecule has 3 rings (SSSR count). The summed E-state index contributed by atoms with van der Waals surface area (Å²) in [5.41, 5.74) is 2.38. The van der Waals surface area contributed by atoms with E-state index in [0.29, 0.717) is 35.9 Å². The number of nitrogens with zero attached hydrogens (tertiary/aromatic N) is 1.